The molecule has 0 aliphatic carbocycles. The Balaban J connectivity index is 0.926. The Labute approximate surface area is 330 Å². The largest absolute Gasteiger partial charge is 0.496 e. The molecule has 2 N–H and O–H groups in total. The van der Waals surface area contributed by atoms with Crippen molar-refractivity contribution in [3.8, 4) is 28.4 Å². The second kappa shape index (κ2) is 17.1. The number of fused-ring (bicyclic) bond motifs is 1. The molecule has 7 rings (SSSR count). The van der Waals surface area contributed by atoms with Crippen molar-refractivity contribution in [1.82, 2.24) is 24.7 Å². The number of piperidine rings is 2. The first kappa shape index (κ1) is 39.3. The number of anilines is 1. The predicted octanol–water partition coefficient (Wildman–Crippen LogP) is 4.19. The Morgan fingerprint density at radius 2 is 1.49 bits per heavy atom. The normalized spacial score (nSPS) is 18.2. The molecule has 300 valence electrons. The lowest BCUT2D eigenvalue weighted by Crippen LogP contribution is -2.52. The average Bonchev–Trinajstić information content (AvgIpc) is 3.24. The van der Waals surface area contributed by atoms with E-state index in [1.54, 1.807) is 76.3 Å². The van der Waals surface area contributed by atoms with Gasteiger partial charge in [0.15, 0.2) is 0 Å². The standard InChI is InChI=1S/C42H48N6O9/c1-45-25-33(30-9-15-43-24-32(30)41(45)52)31-23-36(55-3)26(22-37(31)56-4)6-8-39(50)46-16-10-28(11-17-46)57-29-12-18-47(19-13-29)40(51)27-5-7-35(54-2)34(21-27)48-20-14-38(49)44-42(48)53/h5-9,15,21-25,28-29,38,49H,10-14,16-20H2,1-4H3,(H,44,53)/b8-6+. The minimum absolute atomic E-state index is 0.0110. The van der Waals surface area contributed by atoms with Crippen molar-refractivity contribution in [2.24, 2.45) is 7.05 Å². The maximum Gasteiger partial charge on any atom is 0.324 e. The minimum atomic E-state index is -0.904. The summed E-state index contributed by atoms with van der Waals surface area (Å²) in [5.74, 6) is 1.34. The summed E-state index contributed by atoms with van der Waals surface area (Å²) in [4.78, 5) is 61.4. The zero-order valence-electron chi connectivity index (χ0n) is 32.6. The van der Waals surface area contributed by atoms with Gasteiger partial charge in [0.05, 0.1) is 44.6 Å². The summed E-state index contributed by atoms with van der Waals surface area (Å²) in [5, 5.41) is 13.5. The Morgan fingerprint density at radius 3 is 2.16 bits per heavy atom. The summed E-state index contributed by atoms with van der Waals surface area (Å²) in [6.07, 6.45) is 10.6. The molecule has 15 heteroatoms. The number of aryl methyl sites for hydroxylation is 1. The quantitative estimate of drug-likeness (QED) is 0.223. The Kier molecular flexibility index (Phi) is 11.8. The van der Waals surface area contributed by atoms with E-state index in [9.17, 15) is 24.3 Å². The number of aromatic nitrogens is 2. The maximum atomic E-state index is 13.5. The van der Waals surface area contributed by atoms with Crippen molar-refractivity contribution in [1.29, 1.82) is 0 Å². The molecule has 4 amide bonds. The first-order chi connectivity index (χ1) is 27.6. The Bertz CT molecular complexity index is 2240. The van der Waals surface area contributed by atoms with Crippen LogP contribution in [0.3, 0.4) is 0 Å². The number of pyridine rings is 2. The van der Waals surface area contributed by atoms with Gasteiger partial charge in [-0.3, -0.25) is 24.3 Å². The Morgan fingerprint density at radius 1 is 0.807 bits per heavy atom. The lowest BCUT2D eigenvalue weighted by molar-refractivity contribution is -0.129. The summed E-state index contributed by atoms with van der Waals surface area (Å²) in [7, 11) is 6.36. The van der Waals surface area contributed by atoms with Crippen LogP contribution in [0.15, 0.2) is 65.9 Å². The molecule has 0 saturated carbocycles. The van der Waals surface area contributed by atoms with Crippen molar-refractivity contribution in [2.45, 2.75) is 50.5 Å². The second-order valence-corrected chi connectivity index (χ2v) is 14.5. The number of nitrogens with one attached hydrogen (secondary N) is 1. The van der Waals surface area contributed by atoms with E-state index >= 15 is 0 Å². The molecule has 3 fully saturated rings. The van der Waals surface area contributed by atoms with Gasteiger partial charge < -0.3 is 43.7 Å². The second-order valence-electron chi connectivity index (χ2n) is 14.5. The highest BCUT2D eigenvalue weighted by molar-refractivity contribution is 6.00. The monoisotopic (exact) mass is 780 g/mol. The molecular formula is C42H48N6O9. The van der Waals surface area contributed by atoms with Crippen LogP contribution >= 0.6 is 0 Å². The number of benzene rings is 2. The third-order valence-electron chi connectivity index (χ3n) is 11.0. The number of ether oxygens (including phenoxy) is 4. The van der Waals surface area contributed by atoms with E-state index in [2.05, 4.69) is 10.3 Å². The van der Waals surface area contributed by atoms with Gasteiger partial charge in [0, 0.05) is 93.1 Å². The molecule has 3 saturated heterocycles. The number of amides is 4. The molecule has 0 spiro atoms. The highest BCUT2D eigenvalue weighted by Gasteiger charge is 2.31. The molecule has 57 heavy (non-hydrogen) atoms. The number of hydrogen-bond donors (Lipinski definition) is 2. The van der Waals surface area contributed by atoms with E-state index in [1.807, 2.05) is 21.9 Å². The number of hydrogen-bond acceptors (Lipinski definition) is 10. The van der Waals surface area contributed by atoms with Crippen molar-refractivity contribution in [3.63, 3.8) is 0 Å². The highest BCUT2D eigenvalue weighted by atomic mass is 16.5. The van der Waals surface area contributed by atoms with Crippen LogP contribution in [0.2, 0.25) is 0 Å². The minimum Gasteiger partial charge on any atom is -0.496 e. The molecule has 3 aliphatic heterocycles. The van der Waals surface area contributed by atoms with E-state index in [0.717, 1.165) is 16.5 Å². The van der Waals surface area contributed by atoms with Crippen molar-refractivity contribution < 1.29 is 38.4 Å². The molecule has 0 bridgehead atoms. The van der Waals surface area contributed by atoms with Gasteiger partial charge in [-0.25, -0.2) is 4.79 Å². The van der Waals surface area contributed by atoms with Gasteiger partial charge in [-0.2, -0.15) is 0 Å². The number of methoxy groups -OCH3 is 3. The molecular weight excluding hydrogens is 732 g/mol. The Hall–Kier alpha value is -5.93. The first-order valence-corrected chi connectivity index (χ1v) is 19.1. The topological polar surface area (TPSA) is 165 Å². The molecule has 3 aliphatic rings. The highest BCUT2D eigenvalue weighted by Crippen LogP contribution is 2.39. The molecule has 15 nitrogen and oxygen atoms in total. The number of rotatable bonds is 10. The van der Waals surface area contributed by atoms with Gasteiger partial charge in [-0.05, 0) is 73.5 Å². The van der Waals surface area contributed by atoms with Gasteiger partial charge in [-0.1, -0.05) is 0 Å². The van der Waals surface area contributed by atoms with E-state index in [0.29, 0.717) is 104 Å². The summed E-state index contributed by atoms with van der Waals surface area (Å²) in [5.41, 5.74) is 2.99. The summed E-state index contributed by atoms with van der Waals surface area (Å²) < 4.78 is 25.0. The van der Waals surface area contributed by atoms with E-state index < -0.39 is 12.3 Å². The molecule has 1 unspecified atom stereocenters. The van der Waals surface area contributed by atoms with Crippen molar-refractivity contribution in [3.05, 3.63) is 82.5 Å². The van der Waals surface area contributed by atoms with Crippen molar-refractivity contribution >= 4 is 40.4 Å². The number of nitrogens with zero attached hydrogens (tertiary/aromatic N) is 5. The van der Waals surface area contributed by atoms with Crippen LogP contribution in [0.4, 0.5) is 10.5 Å². The summed E-state index contributed by atoms with van der Waals surface area (Å²) in [6.45, 7) is 2.50. The third kappa shape index (κ3) is 8.30. The predicted molar refractivity (Wildman–Crippen MR) is 214 cm³/mol. The van der Waals surface area contributed by atoms with Crippen LogP contribution in [0, 0.1) is 0 Å². The van der Waals surface area contributed by atoms with Crippen molar-refractivity contribution in [2.75, 3.05) is 59.0 Å². The van der Waals surface area contributed by atoms with E-state index in [-0.39, 0.29) is 29.6 Å². The number of likely N-dealkylation sites (tertiary alicyclic amines) is 2. The smallest absolute Gasteiger partial charge is 0.324 e. The molecule has 5 heterocycles. The third-order valence-corrected chi connectivity index (χ3v) is 11.0. The number of carbonyl (C=O) groups is 3. The van der Waals surface area contributed by atoms with Crippen LogP contribution in [0.1, 0.15) is 48.0 Å². The molecule has 4 aromatic rings. The SMILES string of the molecule is COc1cc(-c2cn(C)c(=O)c3cnccc23)c(OC)cc1/C=C/C(=O)N1CCC(OC2CCN(C(=O)c3ccc(OC)c(N4CCC(O)NC4=O)c3)CC2)CC1. The lowest BCUT2D eigenvalue weighted by atomic mass is 9.98. The summed E-state index contributed by atoms with van der Waals surface area (Å²) >= 11 is 0. The van der Waals surface area contributed by atoms with Crippen LogP contribution < -0.4 is 30.0 Å². The van der Waals surface area contributed by atoms with Crippen LogP contribution in [-0.2, 0) is 16.6 Å². The average molecular weight is 781 g/mol. The van der Waals surface area contributed by atoms with Gasteiger partial charge in [0.1, 0.15) is 23.5 Å². The number of aliphatic hydroxyl groups is 1. The molecule has 2 aromatic heterocycles. The maximum absolute atomic E-state index is 13.5. The van der Waals surface area contributed by atoms with E-state index in [1.165, 1.54) is 16.6 Å². The summed E-state index contributed by atoms with van der Waals surface area (Å²) in [6, 6.07) is 10.1. The number of aliphatic hydroxyl groups excluding tert-OH is 1. The number of urea groups is 1. The fraction of sp³-hybridized carbons (Fsp3) is 0.405. The van der Waals surface area contributed by atoms with Gasteiger partial charge >= 0.3 is 6.03 Å². The lowest BCUT2D eigenvalue weighted by Gasteiger charge is -2.37. The first-order valence-electron chi connectivity index (χ1n) is 19.1. The zero-order chi connectivity index (χ0) is 40.2. The molecule has 1 atom stereocenters. The van der Waals surface area contributed by atoms with Gasteiger partial charge in [0.2, 0.25) is 5.91 Å². The van der Waals surface area contributed by atoms with Crippen LogP contribution in [0.25, 0.3) is 28.0 Å². The zero-order valence-corrected chi connectivity index (χ0v) is 32.6. The fourth-order valence-electron chi connectivity index (χ4n) is 7.83. The molecule has 0 radical (unpaired) electrons. The fourth-order valence-corrected chi connectivity index (χ4v) is 7.83. The van der Waals surface area contributed by atoms with E-state index in [4.69, 9.17) is 18.9 Å². The number of carbonyl (C=O) groups excluding carboxylic acids is 3. The van der Waals surface area contributed by atoms with Gasteiger partial charge in [0.25, 0.3) is 11.5 Å². The van der Waals surface area contributed by atoms with Gasteiger partial charge in [-0.15, -0.1) is 0 Å². The van der Waals surface area contributed by atoms with Crippen LogP contribution in [-0.4, -0.2) is 115 Å². The molecule has 2 aromatic carbocycles. The van der Waals surface area contributed by atoms with Crippen LogP contribution in [0.5, 0.6) is 17.2 Å².